The molecule has 3 aliphatic rings. The first kappa shape index (κ1) is 19.7. The Hall–Kier alpha value is -1.09. The molecular weight excluding hydrogens is 320 g/mol. The molecule has 0 aromatic carbocycles. The van der Waals surface area contributed by atoms with Crippen molar-refractivity contribution in [1.29, 1.82) is 0 Å². The van der Waals surface area contributed by atoms with Crippen LogP contribution in [0, 0.1) is 16.7 Å². The topological polar surface area (TPSA) is 44.6 Å². The fraction of sp³-hybridized carbons (Fsp3) is 0.783. The number of fused-ring (bicyclic) bond motifs is 1. The summed E-state index contributed by atoms with van der Waals surface area (Å²) in [4.78, 5) is 5.16. The molecule has 3 heteroatoms. The molecule has 3 rings (SSSR count). The quantitative estimate of drug-likeness (QED) is 0.642. The first-order valence-corrected chi connectivity index (χ1v) is 10.5. The Labute approximate surface area is 160 Å². The minimum Gasteiger partial charge on any atom is -0.506 e. The van der Waals surface area contributed by atoms with Gasteiger partial charge in [-0.1, -0.05) is 53.5 Å². The third kappa shape index (κ3) is 4.08. The van der Waals surface area contributed by atoms with Crippen molar-refractivity contribution in [3.8, 4) is 0 Å². The number of nitrogens with one attached hydrogen (secondary N) is 1. The average molecular weight is 359 g/mol. The zero-order valence-electron chi connectivity index (χ0n) is 17.7. The molecule has 0 spiro atoms. The Morgan fingerprint density at radius 1 is 1.00 bits per heavy atom. The molecule has 3 atom stereocenters. The minimum atomic E-state index is -0.0478. The highest BCUT2D eigenvalue weighted by Crippen LogP contribution is 2.42. The van der Waals surface area contributed by atoms with E-state index in [2.05, 4.69) is 52.9 Å². The highest BCUT2D eigenvalue weighted by Gasteiger charge is 2.36. The second-order valence-corrected chi connectivity index (χ2v) is 10.6. The Morgan fingerprint density at radius 2 is 1.69 bits per heavy atom. The van der Waals surface area contributed by atoms with Crippen LogP contribution >= 0.6 is 0 Å². The highest BCUT2D eigenvalue weighted by atomic mass is 16.3. The molecule has 1 aliphatic heterocycles. The summed E-state index contributed by atoms with van der Waals surface area (Å²) >= 11 is 0. The Morgan fingerprint density at radius 3 is 2.35 bits per heavy atom. The number of piperidine rings is 1. The van der Waals surface area contributed by atoms with Crippen LogP contribution in [0.4, 0.5) is 0 Å². The predicted octanol–water partition coefficient (Wildman–Crippen LogP) is 5.58. The molecule has 0 aromatic rings. The van der Waals surface area contributed by atoms with Crippen molar-refractivity contribution in [3.05, 3.63) is 23.0 Å². The van der Waals surface area contributed by atoms with Crippen molar-refractivity contribution in [2.24, 2.45) is 21.7 Å². The highest BCUT2D eigenvalue weighted by molar-refractivity contribution is 6.09. The van der Waals surface area contributed by atoms with Crippen LogP contribution in [0.25, 0.3) is 0 Å². The summed E-state index contributed by atoms with van der Waals surface area (Å²) in [6, 6.07) is 0.785. The fourth-order valence-corrected chi connectivity index (χ4v) is 4.76. The van der Waals surface area contributed by atoms with Crippen molar-refractivity contribution in [1.82, 2.24) is 5.32 Å². The standard InChI is InChI=1S/C23H38N2O/c1-22(2,3)16-13-17(23(4,5)6)21(26)19(14-16)25-18-11-7-9-15-10-8-12-24-20(15)18/h14-15,18,20,24,26H,7-13H2,1-6H3. The zero-order valence-corrected chi connectivity index (χ0v) is 17.7. The molecule has 2 N–H and O–H groups in total. The van der Waals surface area contributed by atoms with Crippen LogP contribution in [0.2, 0.25) is 0 Å². The smallest absolute Gasteiger partial charge is 0.140 e. The largest absolute Gasteiger partial charge is 0.506 e. The lowest BCUT2D eigenvalue weighted by Gasteiger charge is -2.41. The van der Waals surface area contributed by atoms with Crippen LogP contribution in [0.5, 0.6) is 0 Å². The van der Waals surface area contributed by atoms with Gasteiger partial charge in [0.15, 0.2) is 0 Å². The summed E-state index contributed by atoms with van der Waals surface area (Å²) in [6.07, 6.45) is 9.38. The number of aliphatic hydroxyl groups excluding tert-OH is 1. The second-order valence-electron chi connectivity index (χ2n) is 10.6. The maximum absolute atomic E-state index is 11.1. The summed E-state index contributed by atoms with van der Waals surface area (Å²) in [6.45, 7) is 14.5. The number of hydrogen-bond donors (Lipinski definition) is 2. The molecule has 0 amide bonds. The van der Waals surface area contributed by atoms with E-state index in [0.717, 1.165) is 36.6 Å². The number of hydrogen-bond acceptors (Lipinski definition) is 3. The normalized spacial score (nSPS) is 32.5. The Bertz CT molecular complexity index is 626. The van der Waals surface area contributed by atoms with Gasteiger partial charge >= 0.3 is 0 Å². The van der Waals surface area contributed by atoms with Crippen molar-refractivity contribution in [2.75, 3.05) is 6.54 Å². The van der Waals surface area contributed by atoms with E-state index in [-0.39, 0.29) is 10.8 Å². The van der Waals surface area contributed by atoms with Gasteiger partial charge in [0.1, 0.15) is 5.76 Å². The molecule has 3 unspecified atom stereocenters. The van der Waals surface area contributed by atoms with Crippen LogP contribution in [-0.4, -0.2) is 29.4 Å². The third-order valence-corrected chi connectivity index (χ3v) is 6.51. The number of allylic oxidation sites excluding steroid dienone is 3. The fourth-order valence-electron chi connectivity index (χ4n) is 4.76. The molecular formula is C23H38N2O. The van der Waals surface area contributed by atoms with E-state index < -0.39 is 0 Å². The van der Waals surface area contributed by atoms with Crippen molar-refractivity contribution in [2.45, 2.75) is 92.2 Å². The van der Waals surface area contributed by atoms with E-state index in [1.807, 2.05) is 0 Å². The Kier molecular flexibility index (Phi) is 5.40. The average Bonchev–Trinajstić information content (AvgIpc) is 2.55. The number of aliphatic hydroxyl groups is 1. The van der Waals surface area contributed by atoms with E-state index in [1.165, 1.54) is 31.3 Å². The molecule has 1 saturated heterocycles. The van der Waals surface area contributed by atoms with Gasteiger partial charge < -0.3 is 10.4 Å². The van der Waals surface area contributed by atoms with Crippen LogP contribution in [-0.2, 0) is 0 Å². The maximum atomic E-state index is 11.1. The maximum Gasteiger partial charge on any atom is 0.140 e. The van der Waals surface area contributed by atoms with Crippen molar-refractivity contribution < 1.29 is 5.11 Å². The molecule has 2 aliphatic carbocycles. The van der Waals surface area contributed by atoms with Gasteiger partial charge in [-0.3, -0.25) is 4.99 Å². The first-order chi connectivity index (χ1) is 12.1. The number of nitrogens with zero attached hydrogens (tertiary/aromatic N) is 1. The zero-order chi connectivity index (χ0) is 19.1. The van der Waals surface area contributed by atoms with Gasteiger partial charge in [0, 0.05) is 6.04 Å². The number of aliphatic imine (C=N–C) groups is 1. The molecule has 0 radical (unpaired) electrons. The van der Waals surface area contributed by atoms with E-state index in [1.54, 1.807) is 0 Å². The van der Waals surface area contributed by atoms with Crippen molar-refractivity contribution in [3.63, 3.8) is 0 Å². The van der Waals surface area contributed by atoms with Gasteiger partial charge in [0.05, 0.1) is 11.8 Å². The lowest BCUT2D eigenvalue weighted by Crippen LogP contribution is -2.50. The van der Waals surface area contributed by atoms with Crippen LogP contribution in [0.15, 0.2) is 28.0 Å². The molecule has 0 bridgehead atoms. The third-order valence-electron chi connectivity index (χ3n) is 6.51. The lowest BCUT2D eigenvalue weighted by atomic mass is 9.72. The number of rotatable bonds is 1. The summed E-state index contributed by atoms with van der Waals surface area (Å²) < 4.78 is 0. The summed E-state index contributed by atoms with van der Waals surface area (Å²) in [7, 11) is 0. The summed E-state index contributed by atoms with van der Waals surface area (Å²) in [5.74, 6) is 1.19. The van der Waals surface area contributed by atoms with E-state index in [0.29, 0.717) is 17.8 Å². The molecule has 2 fully saturated rings. The van der Waals surface area contributed by atoms with Crippen LogP contribution in [0.3, 0.4) is 0 Å². The van der Waals surface area contributed by atoms with Crippen LogP contribution in [0.1, 0.15) is 80.1 Å². The van der Waals surface area contributed by atoms with Crippen LogP contribution < -0.4 is 5.32 Å². The van der Waals surface area contributed by atoms with E-state index in [9.17, 15) is 5.11 Å². The molecule has 0 aromatic heterocycles. The van der Waals surface area contributed by atoms with Crippen molar-refractivity contribution >= 4 is 5.71 Å². The Balaban J connectivity index is 1.98. The molecule has 146 valence electrons. The first-order valence-electron chi connectivity index (χ1n) is 10.5. The van der Waals surface area contributed by atoms with Gasteiger partial charge in [-0.25, -0.2) is 0 Å². The second kappa shape index (κ2) is 7.14. The molecule has 1 saturated carbocycles. The van der Waals surface area contributed by atoms with E-state index >= 15 is 0 Å². The summed E-state index contributed by atoms with van der Waals surface area (Å²) in [5.41, 5.74) is 3.38. The molecule has 1 heterocycles. The SMILES string of the molecule is CC(C)(C)C1=CC(=NC2CCCC3CCCNC32)C(O)=C(C(C)(C)C)C1. The molecule has 26 heavy (non-hydrogen) atoms. The predicted molar refractivity (Wildman–Crippen MR) is 111 cm³/mol. The summed E-state index contributed by atoms with van der Waals surface area (Å²) in [5, 5.41) is 14.8. The van der Waals surface area contributed by atoms with Gasteiger partial charge in [-0.05, 0) is 67.0 Å². The van der Waals surface area contributed by atoms with Gasteiger partial charge in [-0.15, -0.1) is 0 Å². The monoisotopic (exact) mass is 358 g/mol. The van der Waals surface area contributed by atoms with Gasteiger partial charge in [0.2, 0.25) is 0 Å². The van der Waals surface area contributed by atoms with E-state index in [4.69, 9.17) is 4.99 Å². The lowest BCUT2D eigenvalue weighted by molar-refractivity contribution is 0.188. The van der Waals surface area contributed by atoms with Gasteiger partial charge in [-0.2, -0.15) is 0 Å². The van der Waals surface area contributed by atoms with Gasteiger partial charge in [0.25, 0.3) is 0 Å². The molecule has 3 nitrogen and oxygen atoms in total. The minimum absolute atomic E-state index is 0.0478.